The fraction of sp³-hybridized carbons (Fsp3) is 0.455. The van der Waals surface area contributed by atoms with E-state index in [0.29, 0.717) is 6.10 Å². The molecule has 1 aromatic rings. The van der Waals surface area contributed by atoms with Gasteiger partial charge in [-0.1, -0.05) is 17.7 Å². The molecule has 1 fully saturated rings. The summed E-state index contributed by atoms with van der Waals surface area (Å²) in [6, 6.07) is 8.58. The Labute approximate surface area is 79.1 Å². The predicted molar refractivity (Wildman–Crippen MR) is 54.2 cm³/mol. The molecular weight excluding hydrogens is 162 g/mol. The lowest BCUT2D eigenvalue weighted by molar-refractivity contribution is 0.410. The van der Waals surface area contributed by atoms with Crippen LogP contribution < -0.4 is 4.90 Å². The third-order valence-corrected chi connectivity index (χ3v) is 2.35. The molecule has 2 rings (SSSR count). The third-order valence-electron chi connectivity index (χ3n) is 2.35. The summed E-state index contributed by atoms with van der Waals surface area (Å²) in [6.07, 6.45) is 0.464. The number of nitrogens with zero attached hydrogens (tertiary/aromatic N) is 1. The second kappa shape index (κ2) is 3.38. The van der Waals surface area contributed by atoms with Crippen LogP contribution in [0.5, 0.6) is 0 Å². The molecule has 0 radical (unpaired) electrons. The van der Waals surface area contributed by atoms with Gasteiger partial charge in [-0.15, -0.1) is 0 Å². The van der Waals surface area contributed by atoms with Crippen LogP contribution in [0.3, 0.4) is 0 Å². The van der Waals surface area contributed by atoms with Crippen molar-refractivity contribution in [2.24, 2.45) is 0 Å². The molecule has 1 aliphatic heterocycles. The first kappa shape index (κ1) is 8.57. The van der Waals surface area contributed by atoms with E-state index in [1.54, 1.807) is 0 Å². The van der Waals surface area contributed by atoms with Crippen LogP contribution in [0.2, 0.25) is 0 Å². The van der Waals surface area contributed by atoms with Gasteiger partial charge in [-0.3, -0.25) is 0 Å². The minimum Gasteiger partial charge on any atom is -0.372 e. The van der Waals surface area contributed by atoms with E-state index in [9.17, 15) is 0 Å². The maximum atomic E-state index is 5.18. The van der Waals surface area contributed by atoms with E-state index in [1.165, 1.54) is 11.3 Å². The van der Waals surface area contributed by atoms with Gasteiger partial charge in [-0.2, -0.15) is 0 Å². The van der Waals surface area contributed by atoms with Gasteiger partial charge in [0.25, 0.3) is 0 Å². The van der Waals surface area contributed by atoms with Crippen molar-refractivity contribution >= 4 is 5.69 Å². The molecule has 0 N–H and O–H groups in total. The minimum atomic E-state index is 0.464. The van der Waals surface area contributed by atoms with Crippen LogP contribution in [0.25, 0.3) is 0 Å². The van der Waals surface area contributed by atoms with Crippen LogP contribution in [-0.2, 0) is 4.74 Å². The lowest BCUT2D eigenvalue weighted by atomic mass is 10.2. The van der Waals surface area contributed by atoms with Crippen molar-refractivity contribution < 1.29 is 4.74 Å². The Hall–Kier alpha value is -1.02. The standard InChI is InChI=1S/C11H15NO/c1-9-3-5-10(6-4-9)12(2)7-11-8-13-11/h3-6,11H,7-8H2,1-2H3. The zero-order valence-corrected chi connectivity index (χ0v) is 8.16. The first-order valence-electron chi connectivity index (χ1n) is 4.65. The first-order chi connectivity index (χ1) is 6.25. The average molecular weight is 177 g/mol. The monoisotopic (exact) mass is 177 g/mol. The summed E-state index contributed by atoms with van der Waals surface area (Å²) in [5.41, 5.74) is 2.57. The highest BCUT2D eigenvalue weighted by molar-refractivity contribution is 5.46. The van der Waals surface area contributed by atoms with Crippen LogP contribution in [0.4, 0.5) is 5.69 Å². The smallest absolute Gasteiger partial charge is 0.0984 e. The third kappa shape index (κ3) is 2.22. The number of ether oxygens (including phenoxy) is 1. The van der Waals surface area contributed by atoms with Crippen LogP contribution in [-0.4, -0.2) is 26.3 Å². The maximum Gasteiger partial charge on any atom is 0.0984 e. The van der Waals surface area contributed by atoms with Crippen molar-refractivity contribution in [3.8, 4) is 0 Å². The Balaban J connectivity index is 2.01. The summed E-state index contributed by atoms with van der Waals surface area (Å²) in [6.45, 7) is 4.03. The van der Waals surface area contributed by atoms with E-state index < -0.39 is 0 Å². The fourth-order valence-electron chi connectivity index (χ4n) is 1.38. The Kier molecular flexibility index (Phi) is 2.23. The number of hydrogen-bond acceptors (Lipinski definition) is 2. The average Bonchev–Trinajstić information content (AvgIpc) is 2.89. The number of anilines is 1. The zero-order chi connectivity index (χ0) is 9.26. The van der Waals surface area contributed by atoms with Gasteiger partial charge in [0.15, 0.2) is 0 Å². The molecule has 0 spiro atoms. The van der Waals surface area contributed by atoms with Gasteiger partial charge in [0.2, 0.25) is 0 Å². The number of aryl methyl sites for hydroxylation is 1. The quantitative estimate of drug-likeness (QED) is 0.655. The van der Waals surface area contributed by atoms with Gasteiger partial charge in [0, 0.05) is 19.3 Å². The van der Waals surface area contributed by atoms with Gasteiger partial charge in [-0.05, 0) is 19.1 Å². The molecule has 0 aromatic heterocycles. The second-order valence-corrected chi connectivity index (χ2v) is 3.67. The molecule has 0 aliphatic carbocycles. The minimum absolute atomic E-state index is 0.464. The molecule has 0 amide bonds. The molecule has 1 aliphatic rings. The molecule has 1 unspecified atom stereocenters. The molecule has 13 heavy (non-hydrogen) atoms. The molecule has 1 aromatic carbocycles. The van der Waals surface area contributed by atoms with Crippen molar-refractivity contribution in [1.29, 1.82) is 0 Å². The first-order valence-corrected chi connectivity index (χ1v) is 4.65. The van der Waals surface area contributed by atoms with Crippen molar-refractivity contribution in [1.82, 2.24) is 0 Å². The van der Waals surface area contributed by atoms with E-state index in [2.05, 4.69) is 43.1 Å². The maximum absolute atomic E-state index is 5.18. The van der Waals surface area contributed by atoms with E-state index in [1.807, 2.05) is 0 Å². The molecule has 0 bridgehead atoms. The Bertz CT molecular complexity index is 277. The van der Waals surface area contributed by atoms with Crippen LogP contribution in [0, 0.1) is 6.92 Å². The summed E-state index contributed by atoms with van der Waals surface area (Å²) < 4.78 is 5.18. The Morgan fingerprint density at radius 3 is 2.54 bits per heavy atom. The van der Waals surface area contributed by atoms with E-state index in [0.717, 1.165) is 13.2 Å². The highest BCUT2D eigenvalue weighted by atomic mass is 16.6. The summed E-state index contributed by atoms with van der Waals surface area (Å²) in [4.78, 5) is 2.23. The van der Waals surface area contributed by atoms with Crippen LogP contribution >= 0.6 is 0 Å². The molecule has 1 atom stereocenters. The Morgan fingerprint density at radius 1 is 1.38 bits per heavy atom. The highest BCUT2D eigenvalue weighted by Crippen LogP contribution is 2.17. The summed E-state index contributed by atoms with van der Waals surface area (Å²) in [5.74, 6) is 0. The van der Waals surface area contributed by atoms with Crippen LogP contribution in [0.15, 0.2) is 24.3 Å². The summed E-state index contributed by atoms with van der Waals surface area (Å²) >= 11 is 0. The summed E-state index contributed by atoms with van der Waals surface area (Å²) in [5, 5.41) is 0. The highest BCUT2D eigenvalue weighted by Gasteiger charge is 2.23. The number of rotatable bonds is 3. The molecular formula is C11H15NO. The van der Waals surface area contributed by atoms with Crippen molar-refractivity contribution in [3.05, 3.63) is 29.8 Å². The molecule has 1 saturated heterocycles. The fourth-order valence-corrected chi connectivity index (χ4v) is 1.38. The number of hydrogen-bond donors (Lipinski definition) is 0. The lowest BCUT2D eigenvalue weighted by Gasteiger charge is -2.17. The lowest BCUT2D eigenvalue weighted by Crippen LogP contribution is -2.22. The molecule has 2 nitrogen and oxygen atoms in total. The van der Waals surface area contributed by atoms with Gasteiger partial charge in [0.1, 0.15) is 0 Å². The van der Waals surface area contributed by atoms with Crippen molar-refractivity contribution in [2.45, 2.75) is 13.0 Å². The summed E-state index contributed by atoms with van der Waals surface area (Å²) in [7, 11) is 2.10. The molecule has 2 heteroatoms. The van der Waals surface area contributed by atoms with Gasteiger partial charge < -0.3 is 9.64 Å². The molecule has 1 heterocycles. The number of epoxide rings is 1. The molecule has 70 valence electrons. The Morgan fingerprint density at radius 2 is 2.00 bits per heavy atom. The van der Waals surface area contributed by atoms with Gasteiger partial charge in [-0.25, -0.2) is 0 Å². The normalized spacial score (nSPS) is 20.0. The SMILES string of the molecule is Cc1ccc(N(C)CC2CO2)cc1. The van der Waals surface area contributed by atoms with Crippen molar-refractivity contribution in [3.63, 3.8) is 0 Å². The number of likely N-dealkylation sites (N-methyl/N-ethyl adjacent to an activating group) is 1. The second-order valence-electron chi connectivity index (χ2n) is 3.67. The van der Waals surface area contributed by atoms with E-state index in [4.69, 9.17) is 4.74 Å². The van der Waals surface area contributed by atoms with Crippen molar-refractivity contribution in [2.75, 3.05) is 25.1 Å². The topological polar surface area (TPSA) is 15.8 Å². The zero-order valence-electron chi connectivity index (χ0n) is 8.16. The van der Waals surface area contributed by atoms with Gasteiger partial charge >= 0.3 is 0 Å². The van der Waals surface area contributed by atoms with Gasteiger partial charge in [0.05, 0.1) is 12.7 Å². The van der Waals surface area contributed by atoms with E-state index >= 15 is 0 Å². The largest absolute Gasteiger partial charge is 0.372 e. The molecule has 0 saturated carbocycles. The number of benzene rings is 1. The van der Waals surface area contributed by atoms with Crippen LogP contribution in [0.1, 0.15) is 5.56 Å². The van der Waals surface area contributed by atoms with E-state index in [-0.39, 0.29) is 0 Å². The predicted octanol–water partition coefficient (Wildman–Crippen LogP) is 1.83.